The van der Waals surface area contributed by atoms with Crippen molar-refractivity contribution in [1.82, 2.24) is 0 Å². The molecule has 2 heterocycles. The molecule has 1 aromatic heterocycles. The molecule has 0 radical (unpaired) electrons. The number of rotatable bonds is 6. The lowest BCUT2D eigenvalue weighted by atomic mass is 9.95. The zero-order valence-corrected chi connectivity index (χ0v) is 19.2. The summed E-state index contributed by atoms with van der Waals surface area (Å²) in [4.78, 5) is 26.4. The molecule has 1 unspecified atom stereocenters. The number of nitrogens with one attached hydrogen (secondary N) is 1. The number of esters is 1. The lowest BCUT2D eigenvalue weighted by molar-refractivity contribution is 0.0601. The maximum atomic E-state index is 12.9. The molecule has 1 aliphatic carbocycles. The van der Waals surface area contributed by atoms with Crippen LogP contribution >= 0.6 is 27.3 Å². The van der Waals surface area contributed by atoms with Crippen LogP contribution in [0.15, 0.2) is 22.7 Å². The first kappa shape index (κ1) is 21.3. The van der Waals surface area contributed by atoms with Crippen LogP contribution in [-0.4, -0.2) is 38.3 Å². The maximum absolute atomic E-state index is 12.9. The summed E-state index contributed by atoms with van der Waals surface area (Å²) in [6, 6.07) is 5.22. The number of hydrogen-bond acceptors (Lipinski definition) is 6. The van der Waals surface area contributed by atoms with Crippen molar-refractivity contribution >= 4 is 44.1 Å². The highest BCUT2D eigenvalue weighted by molar-refractivity contribution is 9.10. The Morgan fingerprint density at radius 3 is 2.83 bits per heavy atom. The molecule has 8 heteroatoms. The second kappa shape index (κ2) is 9.49. The van der Waals surface area contributed by atoms with Crippen molar-refractivity contribution in [2.45, 2.75) is 44.6 Å². The highest BCUT2D eigenvalue weighted by atomic mass is 79.9. The third-order valence-electron chi connectivity index (χ3n) is 5.43. The molecule has 1 aromatic carbocycles. The first-order valence-corrected chi connectivity index (χ1v) is 11.8. The summed E-state index contributed by atoms with van der Waals surface area (Å²) in [6.07, 6.45) is 6.11. The van der Waals surface area contributed by atoms with Gasteiger partial charge >= 0.3 is 5.97 Å². The SMILES string of the molecule is COC(=O)c1c(NC(=O)c2ccc(OCC3CCCO3)c(Br)c2)sc2c1CCCC2. The first-order chi connectivity index (χ1) is 14.6. The minimum absolute atomic E-state index is 0.126. The van der Waals surface area contributed by atoms with Crippen LogP contribution in [0, 0.1) is 0 Å². The van der Waals surface area contributed by atoms with Crippen molar-refractivity contribution in [3.8, 4) is 5.75 Å². The number of anilines is 1. The molecule has 0 bridgehead atoms. The minimum atomic E-state index is -0.399. The van der Waals surface area contributed by atoms with E-state index in [4.69, 9.17) is 14.2 Å². The Kier molecular flexibility index (Phi) is 6.75. The van der Waals surface area contributed by atoms with Crippen LogP contribution in [0.1, 0.15) is 56.8 Å². The van der Waals surface area contributed by atoms with Crippen LogP contribution < -0.4 is 10.1 Å². The topological polar surface area (TPSA) is 73.9 Å². The molecule has 1 saturated heterocycles. The van der Waals surface area contributed by atoms with Gasteiger partial charge in [-0.3, -0.25) is 4.79 Å². The van der Waals surface area contributed by atoms with E-state index >= 15 is 0 Å². The van der Waals surface area contributed by atoms with E-state index in [1.807, 2.05) is 0 Å². The summed E-state index contributed by atoms with van der Waals surface area (Å²) in [7, 11) is 1.37. The van der Waals surface area contributed by atoms with Crippen molar-refractivity contribution < 1.29 is 23.8 Å². The molecule has 30 heavy (non-hydrogen) atoms. The van der Waals surface area contributed by atoms with E-state index < -0.39 is 5.97 Å². The molecule has 6 nitrogen and oxygen atoms in total. The fourth-order valence-corrected chi connectivity index (χ4v) is 5.63. The second-order valence-corrected chi connectivity index (χ2v) is 9.41. The van der Waals surface area contributed by atoms with Crippen LogP contribution in [-0.2, 0) is 22.3 Å². The molecule has 2 aliphatic rings. The van der Waals surface area contributed by atoms with E-state index in [0.717, 1.165) is 55.6 Å². The molecule has 1 amide bonds. The lowest BCUT2D eigenvalue weighted by Crippen LogP contribution is -2.17. The van der Waals surface area contributed by atoms with Crippen LogP contribution in [0.5, 0.6) is 5.75 Å². The molecule has 2 aromatic rings. The van der Waals surface area contributed by atoms with Crippen LogP contribution in [0.2, 0.25) is 0 Å². The van der Waals surface area contributed by atoms with Gasteiger partial charge in [0.2, 0.25) is 0 Å². The highest BCUT2D eigenvalue weighted by Gasteiger charge is 2.27. The number of halogens is 1. The quantitative estimate of drug-likeness (QED) is 0.573. The monoisotopic (exact) mass is 493 g/mol. The predicted octanol–water partition coefficient (Wildman–Crippen LogP) is 4.99. The molecule has 0 spiro atoms. The highest BCUT2D eigenvalue weighted by Crippen LogP contribution is 2.39. The van der Waals surface area contributed by atoms with Gasteiger partial charge in [-0.05, 0) is 78.2 Å². The fourth-order valence-electron chi connectivity index (χ4n) is 3.86. The molecule has 1 N–H and O–H groups in total. The number of aryl methyl sites for hydroxylation is 1. The van der Waals surface area contributed by atoms with Gasteiger partial charge in [0.05, 0.1) is 23.2 Å². The van der Waals surface area contributed by atoms with Crippen molar-refractivity contribution in [2.24, 2.45) is 0 Å². The van der Waals surface area contributed by atoms with Gasteiger partial charge in [-0.2, -0.15) is 0 Å². The summed E-state index contributed by atoms with van der Waals surface area (Å²) in [5.41, 5.74) is 2.00. The summed E-state index contributed by atoms with van der Waals surface area (Å²) < 4.78 is 17.1. The smallest absolute Gasteiger partial charge is 0.341 e. The summed E-state index contributed by atoms with van der Waals surface area (Å²) in [6.45, 7) is 1.28. The summed E-state index contributed by atoms with van der Waals surface area (Å²) >= 11 is 4.96. The van der Waals surface area contributed by atoms with Crippen molar-refractivity contribution in [3.63, 3.8) is 0 Å². The number of fused-ring (bicyclic) bond motifs is 1. The zero-order valence-electron chi connectivity index (χ0n) is 16.8. The fraction of sp³-hybridized carbons (Fsp3) is 0.455. The van der Waals surface area contributed by atoms with E-state index in [-0.39, 0.29) is 12.0 Å². The van der Waals surface area contributed by atoms with E-state index in [1.54, 1.807) is 18.2 Å². The normalized spacial score (nSPS) is 18.0. The molecule has 0 saturated carbocycles. The molecular formula is C22H24BrNO5S. The molecule has 1 atom stereocenters. The van der Waals surface area contributed by atoms with Crippen molar-refractivity contribution in [2.75, 3.05) is 25.6 Å². The number of methoxy groups -OCH3 is 1. The number of benzene rings is 1. The molecular weight excluding hydrogens is 470 g/mol. The van der Waals surface area contributed by atoms with Gasteiger partial charge in [0, 0.05) is 17.0 Å². The first-order valence-electron chi connectivity index (χ1n) is 10.1. The molecule has 4 rings (SSSR count). The van der Waals surface area contributed by atoms with Gasteiger partial charge in [-0.1, -0.05) is 0 Å². The zero-order chi connectivity index (χ0) is 21.1. The van der Waals surface area contributed by atoms with Gasteiger partial charge < -0.3 is 19.5 Å². The number of thiophene rings is 1. The van der Waals surface area contributed by atoms with Gasteiger partial charge in [0.15, 0.2) is 0 Å². The Bertz CT molecular complexity index is 951. The maximum Gasteiger partial charge on any atom is 0.341 e. The Morgan fingerprint density at radius 2 is 2.10 bits per heavy atom. The lowest BCUT2D eigenvalue weighted by Gasteiger charge is -2.13. The largest absolute Gasteiger partial charge is 0.490 e. The Hall–Kier alpha value is -1.90. The standard InChI is InChI=1S/C22H24BrNO5S/c1-27-22(26)19-15-6-2-3-7-18(15)30-21(19)24-20(25)13-8-9-17(16(23)11-13)29-12-14-5-4-10-28-14/h8-9,11,14H,2-7,10,12H2,1H3,(H,24,25). The average molecular weight is 494 g/mol. The predicted molar refractivity (Wildman–Crippen MR) is 119 cm³/mol. The molecule has 160 valence electrons. The van der Waals surface area contributed by atoms with Gasteiger partial charge in [-0.25, -0.2) is 4.79 Å². The second-order valence-electron chi connectivity index (χ2n) is 7.45. The van der Waals surface area contributed by atoms with E-state index in [2.05, 4.69) is 21.2 Å². The Balaban J connectivity index is 1.49. The number of carbonyl (C=O) groups is 2. The van der Waals surface area contributed by atoms with Gasteiger partial charge in [0.1, 0.15) is 17.4 Å². The van der Waals surface area contributed by atoms with Gasteiger partial charge in [0.25, 0.3) is 5.91 Å². The van der Waals surface area contributed by atoms with E-state index in [1.165, 1.54) is 18.4 Å². The average Bonchev–Trinajstić information content (AvgIpc) is 3.39. The summed E-state index contributed by atoms with van der Waals surface area (Å²) in [5.74, 6) is -0.00206. The molecule has 1 fully saturated rings. The van der Waals surface area contributed by atoms with E-state index in [9.17, 15) is 9.59 Å². The number of ether oxygens (including phenoxy) is 3. The summed E-state index contributed by atoms with van der Waals surface area (Å²) in [5, 5.41) is 3.48. The minimum Gasteiger partial charge on any atom is -0.490 e. The number of hydrogen-bond donors (Lipinski definition) is 1. The van der Waals surface area contributed by atoms with Gasteiger partial charge in [-0.15, -0.1) is 11.3 Å². The van der Waals surface area contributed by atoms with Crippen molar-refractivity contribution in [1.29, 1.82) is 0 Å². The van der Waals surface area contributed by atoms with Crippen LogP contribution in [0.3, 0.4) is 0 Å². The third-order valence-corrected chi connectivity index (χ3v) is 7.26. The third kappa shape index (κ3) is 4.55. The number of carbonyl (C=O) groups excluding carboxylic acids is 2. The van der Waals surface area contributed by atoms with Crippen molar-refractivity contribution in [3.05, 3.63) is 44.2 Å². The Morgan fingerprint density at radius 1 is 1.27 bits per heavy atom. The van der Waals surface area contributed by atoms with Crippen LogP contribution in [0.25, 0.3) is 0 Å². The molecule has 1 aliphatic heterocycles. The Labute approximate surface area is 188 Å². The number of amides is 1. The van der Waals surface area contributed by atoms with E-state index in [0.29, 0.717) is 33.0 Å². The van der Waals surface area contributed by atoms with Crippen LogP contribution in [0.4, 0.5) is 5.00 Å².